The molecule has 3 nitrogen and oxygen atoms in total. The van der Waals surface area contributed by atoms with Crippen molar-refractivity contribution < 1.29 is 0 Å². The van der Waals surface area contributed by atoms with E-state index in [2.05, 4.69) is 41.1 Å². The highest BCUT2D eigenvalue weighted by Crippen LogP contribution is 1.99. The van der Waals surface area contributed by atoms with Crippen LogP contribution < -0.4 is 5.73 Å². The van der Waals surface area contributed by atoms with Crippen molar-refractivity contribution in [1.82, 2.24) is 9.97 Å². The first-order chi connectivity index (χ1) is 5.97. The quantitative estimate of drug-likeness (QED) is 0.496. The largest absolute Gasteiger partial charge is 0.368 e. The van der Waals surface area contributed by atoms with Gasteiger partial charge in [-0.25, -0.2) is 9.97 Å². The molecule has 4 heteroatoms. The lowest BCUT2D eigenvalue weighted by Gasteiger charge is -2.02. The van der Waals surface area contributed by atoms with Gasteiger partial charge in [-0.3, -0.25) is 0 Å². The van der Waals surface area contributed by atoms with Gasteiger partial charge in [0.15, 0.2) is 0 Å². The molecule has 0 saturated heterocycles. The molecule has 0 saturated carbocycles. The van der Waals surface area contributed by atoms with Crippen LogP contribution in [0.3, 0.4) is 0 Å². The molecule has 0 fully saturated rings. The molecule has 13 heavy (non-hydrogen) atoms. The van der Waals surface area contributed by atoms with Crippen LogP contribution in [0.5, 0.6) is 0 Å². The van der Waals surface area contributed by atoms with E-state index in [0.29, 0.717) is 5.69 Å². The highest BCUT2D eigenvalue weighted by atomic mass is 28.3. The van der Waals surface area contributed by atoms with Gasteiger partial charge in [0.25, 0.3) is 0 Å². The Bertz CT molecular complexity index is 357. The van der Waals surface area contributed by atoms with Crippen molar-refractivity contribution in [2.45, 2.75) is 19.6 Å². The van der Waals surface area contributed by atoms with Crippen molar-refractivity contribution >= 4 is 14.0 Å². The van der Waals surface area contributed by atoms with Crippen LogP contribution in [0.2, 0.25) is 19.6 Å². The Morgan fingerprint density at radius 2 is 2.08 bits per heavy atom. The number of rotatable bonds is 0. The number of hydrogen-bond acceptors (Lipinski definition) is 3. The molecule has 0 atom stereocenters. The van der Waals surface area contributed by atoms with E-state index in [1.165, 1.54) is 0 Å². The zero-order chi connectivity index (χ0) is 9.90. The van der Waals surface area contributed by atoms with Gasteiger partial charge >= 0.3 is 0 Å². The summed E-state index contributed by atoms with van der Waals surface area (Å²) in [5.74, 6) is 3.29. The van der Waals surface area contributed by atoms with E-state index in [4.69, 9.17) is 5.73 Å². The molecule has 0 amide bonds. The molecule has 0 aliphatic rings. The fraction of sp³-hybridized carbons (Fsp3) is 0.333. The van der Waals surface area contributed by atoms with Crippen molar-refractivity contribution in [3.8, 4) is 11.5 Å². The fourth-order valence-electron chi connectivity index (χ4n) is 0.695. The number of anilines is 1. The highest BCUT2D eigenvalue weighted by Gasteiger charge is 2.07. The Labute approximate surface area is 79.4 Å². The number of nitrogen functional groups attached to an aromatic ring is 1. The zero-order valence-corrected chi connectivity index (χ0v) is 9.13. The second kappa shape index (κ2) is 3.58. The summed E-state index contributed by atoms with van der Waals surface area (Å²) in [7, 11) is -1.32. The molecule has 0 aliphatic carbocycles. The standard InChI is InChI=1S/C9H13N3Si/c1-13(2,3)7-5-8-4-6-11-9(10)12-8/h4,6H,1-3H3,(H2,10,11,12). The molecule has 1 heterocycles. The summed E-state index contributed by atoms with van der Waals surface area (Å²) in [4.78, 5) is 7.79. The van der Waals surface area contributed by atoms with Gasteiger partial charge in [-0.05, 0) is 6.07 Å². The molecule has 1 aromatic heterocycles. The molecule has 0 unspecified atom stereocenters. The predicted molar refractivity (Wildman–Crippen MR) is 56.7 cm³/mol. The van der Waals surface area contributed by atoms with Crippen LogP contribution in [-0.2, 0) is 0 Å². The number of nitrogens with zero attached hydrogens (tertiary/aromatic N) is 2. The average Bonchev–Trinajstić information content (AvgIpc) is 2.00. The Balaban J connectivity index is 2.90. The lowest BCUT2D eigenvalue weighted by atomic mass is 10.4. The van der Waals surface area contributed by atoms with E-state index in [1.54, 1.807) is 12.3 Å². The summed E-state index contributed by atoms with van der Waals surface area (Å²) in [6.07, 6.45) is 1.62. The van der Waals surface area contributed by atoms with Crippen LogP contribution in [0.4, 0.5) is 5.95 Å². The highest BCUT2D eigenvalue weighted by molar-refractivity contribution is 6.83. The third kappa shape index (κ3) is 3.72. The van der Waals surface area contributed by atoms with E-state index < -0.39 is 8.07 Å². The summed E-state index contributed by atoms with van der Waals surface area (Å²) in [6.45, 7) is 6.56. The Morgan fingerprint density at radius 1 is 1.38 bits per heavy atom. The Hall–Kier alpha value is -1.34. The van der Waals surface area contributed by atoms with Gasteiger partial charge in [0.1, 0.15) is 13.8 Å². The fourth-order valence-corrected chi connectivity index (χ4v) is 1.20. The minimum atomic E-state index is -1.32. The van der Waals surface area contributed by atoms with Gasteiger partial charge in [0.2, 0.25) is 5.95 Å². The van der Waals surface area contributed by atoms with E-state index in [-0.39, 0.29) is 5.95 Å². The molecule has 0 spiro atoms. The number of nitrogens with two attached hydrogens (primary N) is 1. The van der Waals surface area contributed by atoms with Crippen LogP contribution in [0.25, 0.3) is 0 Å². The van der Waals surface area contributed by atoms with Gasteiger partial charge in [-0.1, -0.05) is 25.6 Å². The van der Waals surface area contributed by atoms with Crippen molar-refractivity contribution in [2.75, 3.05) is 5.73 Å². The minimum Gasteiger partial charge on any atom is -0.368 e. The number of hydrogen-bond donors (Lipinski definition) is 1. The van der Waals surface area contributed by atoms with Crippen molar-refractivity contribution in [1.29, 1.82) is 0 Å². The molecule has 0 aromatic carbocycles. The van der Waals surface area contributed by atoms with Crippen LogP contribution in [0, 0.1) is 11.5 Å². The van der Waals surface area contributed by atoms with E-state index >= 15 is 0 Å². The van der Waals surface area contributed by atoms with Crippen molar-refractivity contribution in [3.05, 3.63) is 18.0 Å². The molecular formula is C9H13N3Si. The third-order valence-electron chi connectivity index (χ3n) is 1.24. The molecule has 1 aromatic rings. The van der Waals surface area contributed by atoms with E-state index in [9.17, 15) is 0 Å². The SMILES string of the molecule is C[Si](C)(C)C#Cc1ccnc(N)n1. The van der Waals surface area contributed by atoms with Gasteiger partial charge in [0.05, 0.1) is 0 Å². The second-order valence-electron chi connectivity index (χ2n) is 3.80. The Morgan fingerprint density at radius 3 is 2.62 bits per heavy atom. The van der Waals surface area contributed by atoms with Crippen LogP contribution in [-0.4, -0.2) is 18.0 Å². The van der Waals surface area contributed by atoms with Crippen LogP contribution in [0.1, 0.15) is 5.69 Å². The first kappa shape index (κ1) is 9.74. The van der Waals surface area contributed by atoms with Gasteiger partial charge in [-0.2, -0.15) is 0 Å². The molecule has 68 valence electrons. The third-order valence-corrected chi connectivity index (χ3v) is 2.11. The molecule has 1 rings (SSSR count). The van der Waals surface area contributed by atoms with Gasteiger partial charge in [0, 0.05) is 6.20 Å². The summed E-state index contributed by atoms with van der Waals surface area (Å²) < 4.78 is 0. The normalized spacial score (nSPS) is 10.4. The monoisotopic (exact) mass is 191 g/mol. The van der Waals surface area contributed by atoms with Gasteiger partial charge in [-0.15, -0.1) is 5.54 Å². The smallest absolute Gasteiger partial charge is 0.221 e. The predicted octanol–water partition coefficient (Wildman–Crippen LogP) is 1.29. The van der Waals surface area contributed by atoms with Crippen molar-refractivity contribution in [3.63, 3.8) is 0 Å². The lowest BCUT2D eigenvalue weighted by Crippen LogP contribution is -2.16. The van der Waals surface area contributed by atoms with E-state index in [1.807, 2.05) is 0 Å². The molecular weight excluding hydrogens is 178 g/mol. The molecule has 2 N–H and O–H groups in total. The first-order valence-corrected chi connectivity index (χ1v) is 7.59. The maximum atomic E-state index is 5.42. The second-order valence-corrected chi connectivity index (χ2v) is 8.55. The molecule has 0 aliphatic heterocycles. The average molecular weight is 191 g/mol. The zero-order valence-electron chi connectivity index (χ0n) is 8.13. The summed E-state index contributed by atoms with van der Waals surface area (Å²) >= 11 is 0. The van der Waals surface area contributed by atoms with Crippen LogP contribution >= 0.6 is 0 Å². The van der Waals surface area contributed by atoms with Gasteiger partial charge < -0.3 is 5.73 Å². The summed E-state index contributed by atoms with van der Waals surface area (Å²) in [5.41, 5.74) is 9.33. The lowest BCUT2D eigenvalue weighted by molar-refractivity contribution is 1.17. The summed E-state index contributed by atoms with van der Waals surface area (Å²) in [6, 6.07) is 1.77. The first-order valence-electron chi connectivity index (χ1n) is 4.09. The minimum absolute atomic E-state index is 0.280. The molecule has 0 bridgehead atoms. The Kier molecular flexibility index (Phi) is 2.68. The maximum absolute atomic E-state index is 5.42. The topological polar surface area (TPSA) is 51.8 Å². The molecule has 0 radical (unpaired) electrons. The summed E-state index contributed by atoms with van der Waals surface area (Å²) in [5, 5.41) is 0. The maximum Gasteiger partial charge on any atom is 0.221 e. The van der Waals surface area contributed by atoms with E-state index in [0.717, 1.165) is 0 Å². The number of aromatic nitrogens is 2. The van der Waals surface area contributed by atoms with Crippen molar-refractivity contribution in [2.24, 2.45) is 0 Å². The van der Waals surface area contributed by atoms with Crippen LogP contribution in [0.15, 0.2) is 12.3 Å².